The number of rotatable bonds is 1. The Hall–Kier alpha value is -1.26. The second-order valence-electron chi connectivity index (χ2n) is 4.04. The van der Waals surface area contributed by atoms with E-state index in [1.807, 2.05) is 6.92 Å². The standard InChI is InChI=1S/C12H16O4/c1-6-10-9(15-3)5-4-8(13)11(10)12(14)7(2)16-6/h4-7,12-14H,1-3H3/t6-,7-,12+/m0/s1. The zero-order valence-electron chi connectivity index (χ0n) is 9.60. The smallest absolute Gasteiger partial charge is 0.125 e. The summed E-state index contributed by atoms with van der Waals surface area (Å²) in [5, 5.41) is 19.8. The van der Waals surface area contributed by atoms with Crippen molar-refractivity contribution in [3.63, 3.8) is 0 Å². The third kappa shape index (κ3) is 1.54. The molecule has 2 N–H and O–H groups in total. The monoisotopic (exact) mass is 224 g/mol. The fourth-order valence-electron chi connectivity index (χ4n) is 2.21. The molecule has 0 saturated heterocycles. The molecular formula is C12H16O4. The van der Waals surface area contributed by atoms with Crippen molar-refractivity contribution >= 4 is 0 Å². The van der Waals surface area contributed by atoms with Gasteiger partial charge >= 0.3 is 0 Å². The minimum atomic E-state index is -0.818. The van der Waals surface area contributed by atoms with E-state index in [1.165, 1.54) is 6.07 Å². The SMILES string of the molecule is COc1ccc(O)c2c1[C@H](C)O[C@@H](C)[C@H]2O. The van der Waals surface area contributed by atoms with Crippen LogP contribution in [0.15, 0.2) is 12.1 Å². The maximum Gasteiger partial charge on any atom is 0.125 e. The van der Waals surface area contributed by atoms with E-state index < -0.39 is 6.10 Å². The van der Waals surface area contributed by atoms with E-state index in [2.05, 4.69) is 0 Å². The van der Waals surface area contributed by atoms with Crippen LogP contribution in [0.1, 0.15) is 37.2 Å². The molecule has 0 aromatic heterocycles. The van der Waals surface area contributed by atoms with Gasteiger partial charge in [-0.1, -0.05) is 0 Å². The number of aliphatic hydroxyl groups excluding tert-OH is 1. The lowest BCUT2D eigenvalue weighted by Gasteiger charge is -2.33. The third-order valence-electron chi connectivity index (χ3n) is 3.01. The number of hydrogen-bond donors (Lipinski definition) is 2. The van der Waals surface area contributed by atoms with Crippen molar-refractivity contribution in [2.24, 2.45) is 0 Å². The van der Waals surface area contributed by atoms with Crippen LogP contribution in [0, 0.1) is 0 Å². The van der Waals surface area contributed by atoms with E-state index in [0.717, 1.165) is 5.56 Å². The Morgan fingerprint density at radius 3 is 2.56 bits per heavy atom. The first-order chi connectivity index (χ1) is 7.56. The van der Waals surface area contributed by atoms with Crippen LogP contribution in [0.25, 0.3) is 0 Å². The molecule has 3 atom stereocenters. The van der Waals surface area contributed by atoms with Crippen LogP contribution in [-0.2, 0) is 4.74 Å². The molecule has 0 unspecified atom stereocenters. The van der Waals surface area contributed by atoms with Gasteiger partial charge in [0.05, 0.1) is 19.3 Å². The van der Waals surface area contributed by atoms with Gasteiger partial charge in [0.2, 0.25) is 0 Å². The van der Waals surface area contributed by atoms with E-state index in [1.54, 1.807) is 20.1 Å². The third-order valence-corrected chi connectivity index (χ3v) is 3.01. The number of aromatic hydroxyl groups is 1. The zero-order chi connectivity index (χ0) is 11.9. The first kappa shape index (κ1) is 11.2. The molecule has 0 aliphatic carbocycles. The number of benzene rings is 1. The Kier molecular flexibility index (Phi) is 2.78. The van der Waals surface area contributed by atoms with Crippen LogP contribution in [0.3, 0.4) is 0 Å². The highest BCUT2D eigenvalue weighted by Gasteiger charge is 2.34. The molecule has 88 valence electrons. The first-order valence-electron chi connectivity index (χ1n) is 5.29. The fraction of sp³-hybridized carbons (Fsp3) is 0.500. The Morgan fingerprint density at radius 1 is 1.25 bits per heavy atom. The molecule has 0 spiro atoms. The second-order valence-corrected chi connectivity index (χ2v) is 4.04. The van der Waals surface area contributed by atoms with Crippen molar-refractivity contribution in [2.45, 2.75) is 32.2 Å². The highest BCUT2D eigenvalue weighted by atomic mass is 16.5. The molecule has 1 aromatic rings. The number of hydrogen-bond acceptors (Lipinski definition) is 4. The minimum Gasteiger partial charge on any atom is -0.508 e. The summed E-state index contributed by atoms with van der Waals surface area (Å²) < 4.78 is 10.8. The highest BCUT2D eigenvalue weighted by molar-refractivity contribution is 5.51. The molecule has 2 rings (SSSR count). The highest BCUT2D eigenvalue weighted by Crippen LogP contribution is 2.45. The summed E-state index contributed by atoms with van der Waals surface area (Å²) in [4.78, 5) is 0. The summed E-state index contributed by atoms with van der Waals surface area (Å²) in [6.07, 6.45) is -1.35. The molecule has 0 radical (unpaired) electrons. The molecule has 0 amide bonds. The van der Waals surface area contributed by atoms with Crippen LogP contribution in [0.2, 0.25) is 0 Å². The lowest BCUT2D eigenvalue weighted by molar-refractivity contribution is -0.0825. The van der Waals surface area contributed by atoms with E-state index in [-0.39, 0.29) is 18.0 Å². The maximum absolute atomic E-state index is 10.0. The van der Waals surface area contributed by atoms with Gasteiger partial charge in [-0.25, -0.2) is 0 Å². The molecule has 1 heterocycles. The maximum atomic E-state index is 10.0. The zero-order valence-corrected chi connectivity index (χ0v) is 9.60. The number of ether oxygens (including phenoxy) is 2. The van der Waals surface area contributed by atoms with Crippen LogP contribution in [0.5, 0.6) is 11.5 Å². The molecule has 0 saturated carbocycles. The predicted molar refractivity (Wildman–Crippen MR) is 58.6 cm³/mol. The average molecular weight is 224 g/mol. The normalized spacial score (nSPS) is 28.6. The van der Waals surface area contributed by atoms with Gasteiger partial charge in [-0.15, -0.1) is 0 Å². The summed E-state index contributed by atoms with van der Waals surface area (Å²) in [7, 11) is 1.56. The van der Waals surface area contributed by atoms with E-state index >= 15 is 0 Å². The molecule has 1 aromatic carbocycles. The molecule has 4 nitrogen and oxygen atoms in total. The number of aliphatic hydroxyl groups is 1. The van der Waals surface area contributed by atoms with Gasteiger partial charge in [0.25, 0.3) is 0 Å². The van der Waals surface area contributed by atoms with Gasteiger partial charge in [-0.05, 0) is 26.0 Å². The molecule has 1 aliphatic heterocycles. The van der Waals surface area contributed by atoms with Crippen molar-refractivity contribution in [1.82, 2.24) is 0 Å². The first-order valence-corrected chi connectivity index (χ1v) is 5.29. The Labute approximate surface area is 94.4 Å². The molecule has 16 heavy (non-hydrogen) atoms. The summed E-state index contributed by atoms with van der Waals surface area (Å²) in [5.74, 6) is 0.719. The van der Waals surface area contributed by atoms with Gasteiger partial charge < -0.3 is 19.7 Å². The number of phenols is 1. The van der Waals surface area contributed by atoms with Crippen LogP contribution >= 0.6 is 0 Å². The van der Waals surface area contributed by atoms with Crippen LogP contribution in [0.4, 0.5) is 0 Å². The predicted octanol–water partition coefficient (Wildman–Crippen LogP) is 1.91. The van der Waals surface area contributed by atoms with Crippen molar-refractivity contribution in [3.8, 4) is 11.5 Å². The summed E-state index contributed by atoms with van der Waals surface area (Å²) in [5.41, 5.74) is 1.25. The van der Waals surface area contributed by atoms with Gasteiger partial charge in [0, 0.05) is 11.1 Å². The van der Waals surface area contributed by atoms with Crippen molar-refractivity contribution in [2.75, 3.05) is 7.11 Å². The van der Waals surface area contributed by atoms with E-state index in [0.29, 0.717) is 11.3 Å². The molecule has 0 fully saturated rings. The topological polar surface area (TPSA) is 58.9 Å². The number of methoxy groups -OCH3 is 1. The summed E-state index contributed by atoms with van der Waals surface area (Å²) in [6.45, 7) is 3.66. The van der Waals surface area contributed by atoms with Gasteiger partial charge in [0.1, 0.15) is 17.6 Å². The second kappa shape index (κ2) is 3.96. The van der Waals surface area contributed by atoms with Crippen molar-refractivity contribution in [1.29, 1.82) is 0 Å². The summed E-state index contributed by atoms with van der Waals surface area (Å²) in [6, 6.07) is 3.21. The van der Waals surface area contributed by atoms with Gasteiger partial charge in [-0.3, -0.25) is 0 Å². The van der Waals surface area contributed by atoms with Crippen LogP contribution < -0.4 is 4.74 Å². The van der Waals surface area contributed by atoms with Crippen molar-refractivity contribution < 1.29 is 19.7 Å². The molecule has 4 heteroatoms. The molecular weight excluding hydrogens is 208 g/mol. The number of phenolic OH excluding ortho intramolecular Hbond substituents is 1. The Bertz CT molecular complexity index is 402. The average Bonchev–Trinajstić information content (AvgIpc) is 2.25. The largest absolute Gasteiger partial charge is 0.508 e. The van der Waals surface area contributed by atoms with Gasteiger partial charge in [-0.2, -0.15) is 0 Å². The Morgan fingerprint density at radius 2 is 1.94 bits per heavy atom. The van der Waals surface area contributed by atoms with Crippen molar-refractivity contribution in [3.05, 3.63) is 23.3 Å². The summed E-state index contributed by atoms with van der Waals surface area (Å²) >= 11 is 0. The van der Waals surface area contributed by atoms with Gasteiger partial charge in [0.15, 0.2) is 0 Å². The van der Waals surface area contributed by atoms with E-state index in [9.17, 15) is 10.2 Å². The van der Waals surface area contributed by atoms with Crippen LogP contribution in [-0.4, -0.2) is 23.4 Å². The number of fused-ring (bicyclic) bond motifs is 1. The molecule has 1 aliphatic rings. The fourth-order valence-corrected chi connectivity index (χ4v) is 2.21. The Balaban J connectivity index is 2.63. The van der Waals surface area contributed by atoms with E-state index in [4.69, 9.17) is 9.47 Å². The lowest BCUT2D eigenvalue weighted by Crippen LogP contribution is -2.27. The minimum absolute atomic E-state index is 0.0882. The quantitative estimate of drug-likeness (QED) is 0.765. The lowest BCUT2D eigenvalue weighted by atomic mass is 9.91. The molecule has 0 bridgehead atoms.